The summed E-state index contributed by atoms with van der Waals surface area (Å²) in [5, 5.41) is 16.0. The molecule has 1 amide bonds. The highest BCUT2D eigenvalue weighted by Gasteiger charge is 2.37. The fourth-order valence-electron chi connectivity index (χ4n) is 3.42. The average molecular weight is 453 g/mol. The lowest BCUT2D eigenvalue weighted by atomic mass is 9.87. The summed E-state index contributed by atoms with van der Waals surface area (Å²) in [6, 6.07) is 7.34. The molecule has 6 nitrogen and oxygen atoms in total. The Morgan fingerprint density at radius 1 is 1.25 bits per heavy atom. The molecule has 0 saturated heterocycles. The SMILES string of the molecule is CCC(CC)O[C@@H]1C=C(C(=O)O)C[C@H](NCc2ccc(Br)cc2)[C@H]1NC(C)=O. The van der Waals surface area contributed by atoms with Crippen LogP contribution in [0.25, 0.3) is 0 Å². The molecule has 3 N–H and O–H groups in total. The largest absolute Gasteiger partial charge is 0.478 e. The third kappa shape index (κ3) is 6.43. The molecule has 0 aliphatic heterocycles. The molecule has 0 fully saturated rings. The maximum atomic E-state index is 11.8. The van der Waals surface area contributed by atoms with Crippen molar-refractivity contribution < 1.29 is 19.4 Å². The molecular weight excluding hydrogens is 424 g/mol. The molecule has 3 atom stereocenters. The second kappa shape index (κ2) is 10.7. The van der Waals surface area contributed by atoms with E-state index in [1.54, 1.807) is 6.08 Å². The first-order chi connectivity index (χ1) is 13.3. The predicted molar refractivity (Wildman–Crippen MR) is 112 cm³/mol. The predicted octanol–water partition coefficient (Wildman–Crippen LogP) is 3.40. The Balaban J connectivity index is 2.23. The van der Waals surface area contributed by atoms with Crippen molar-refractivity contribution in [1.29, 1.82) is 0 Å². The summed E-state index contributed by atoms with van der Waals surface area (Å²) in [6.45, 7) is 6.11. The Morgan fingerprint density at radius 2 is 1.89 bits per heavy atom. The molecule has 0 spiro atoms. The number of ether oxygens (including phenoxy) is 1. The number of benzene rings is 1. The van der Waals surface area contributed by atoms with Gasteiger partial charge in [0.05, 0.1) is 18.2 Å². The highest BCUT2D eigenvalue weighted by atomic mass is 79.9. The number of hydrogen-bond donors (Lipinski definition) is 3. The minimum atomic E-state index is -0.949. The fourth-order valence-corrected chi connectivity index (χ4v) is 3.68. The van der Waals surface area contributed by atoms with Gasteiger partial charge in [0.15, 0.2) is 0 Å². The number of aliphatic carboxylic acids is 1. The first-order valence-corrected chi connectivity index (χ1v) is 10.5. The molecule has 1 aliphatic rings. The van der Waals surface area contributed by atoms with Gasteiger partial charge in [0.1, 0.15) is 0 Å². The van der Waals surface area contributed by atoms with Crippen LogP contribution in [0.1, 0.15) is 45.6 Å². The minimum Gasteiger partial charge on any atom is -0.478 e. The first-order valence-electron chi connectivity index (χ1n) is 9.68. The smallest absolute Gasteiger partial charge is 0.331 e. The zero-order chi connectivity index (χ0) is 20.7. The summed E-state index contributed by atoms with van der Waals surface area (Å²) in [7, 11) is 0. The standard InChI is InChI=1S/C21H29BrN2O4/c1-4-17(5-2)28-19-11-15(21(26)27)10-18(20(19)24-13(3)25)23-12-14-6-8-16(22)9-7-14/h6-9,11,17-20,23H,4-5,10,12H2,1-3H3,(H,24,25)(H,26,27)/t18-,19+,20+/m0/s1. The van der Waals surface area contributed by atoms with Gasteiger partial charge in [-0.1, -0.05) is 41.9 Å². The zero-order valence-electron chi connectivity index (χ0n) is 16.6. The Kier molecular flexibility index (Phi) is 8.66. The number of carboxylic acid groups (broad SMARTS) is 1. The number of halogens is 1. The van der Waals surface area contributed by atoms with Crippen molar-refractivity contribution in [2.45, 2.75) is 70.9 Å². The average Bonchev–Trinajstić information content (AvgIpc) is 2.66. The number of carbonyl (C=O) groups is 2. The van der Waals surface area contributed by atoms with Gasteiger partial charge < -0.3 is 20.5 Å². The Bertz CT molecular complexity index is 701. The van der Waals surface area contributed by atoms with E-state index in [-0.39, 0.29) is 24.1 Å². The van der Waals surface area contributed by atoms with Crippen molar-refractivity contribution in [3.8, 4) is 0 Å². The molecule has 1 aliphatic carbocycles. The zero-order valence-corrected chi connectivity index (χ0v) is 18.2. The van der Waals surface area contributed by atoms with Crippen LogP contribution in [0.4, 0.5) is 0 Å². The molecule has 0 saturated carbocycles. The quantitative estimate of drug-likeness (QED) is 0.534. The second-order valence-electron chi connectivity index (χ2n) is 7.08. The number of amides is 1. The lowest BCUT2D eigenvalue weighted by Crippen LogP contribution is -2.58. The molecule has 0 unspecified atom stereocenters. The van der Waals surface area contributed by atoms with Crippen molar-refractivity contribution in [3.05, 3.63) is 46.0 Å². The van der Waals surface area contributed by atoms with Crippen LogP contribution in [-0.4, -0.2) is 41.3 Å². The van der Waals surface area contributed by atoms with E-state index in [0.717, 1.165) is 22.9 Å². The van der Waals surface area contributed by atoms with Crippen LogP contribution >= 0.6 is 15.9 Å². The van der Waals surface area contributed by atoms with Gasteiger partial charge in [-0.3, -0.25) is 4.79 Å². The van der Waals surface area contributed by atoms with E-state index in [0.29, 0.717) is 18.5 Å². The molecule has 0 radical (unpaired) electrons. The van der Waals surface area contributed by atoms with Crippen LogP contribution in [0.15, 0.2) is 40.4 Å². The van der Waals surface area contributed by atoms with Crippen molar-refractivity contribution in [2.75, 3.05) is 0 Å². The summed E-state index contributed by atoms with van der Waals surface area (Å²) in [6.07, 6.45) is 3.15. The summed E-state index contributed by atoms with van der Waals surface area (Å²) < 4.78 is 7.18. The van der Waals surface area contributed by atoms with E-state index in [4.69, 9.17) is 4.74 Å². The molecule has 0 heterocycles. The number of carbonyl (C=O) groups excluding carboxylic acids is 1. The molecule has 2 rings (SSSR count). The van der Waals surface area contributed by atoms with Gasteiger partial charge >= 0.3 is 5.97 Å². The maximum Gasteiger partial charge on any atom is 0.331 e. The number of nitrogens with one attached hydrogen (secondary N) is 2. The van der Waals surface area contributed by atoms with E-state index < -0.39 is 12.1 Å². The summed E-state index contributed by atoms with van der Waals surface area (Å²) in [5.74, 6) is -1.11. The lowest BCUT2D eigenvalue weighted by Gasteiger charge is -2.38. The Labute approximate surface area is 174 Å². The third-order valence-corrected chi connectivity index (χ3v) is 5.51. The van der Waals surface area contributed by atoms with Crippen molar-refractivity contribution in [1.82, 2.24) is 10.6 Å². The lowest BCUT2D eigenvalue weighted by molar-refractivity contribution is -0.133. The van der Waals surface area contributed by atoms with Crippen molar-refractivity contribution in [3.63, 3.8) is 0 Å². The van der Waals surface area contributed by atoms with Gasteiger partial charge in [-0.15, -0.1) is 0 Å². The minimum absolute atomic E-state index is 0.0118. The van der Waals surface area contributed by atoms with Gasteiger partial charge in [-0.2, -0.15) is 0 Å². The number of carboxylic acids is 1. The summed E-state index contributed by atoms with van der Waals surface area (Å²) in [5.41, 5.74) is 1.39. The topological polar surface area (TPSA) is 87.7 Å². The van der Waals surface area contributed by atoms with Gasteiger partial charge in [0, 0.05) is 29.6 Å². The van der Waals surface area contributed by atoms with Gasteiger partial charge in [-0.05, 0) is 43.0 Å². The number of hydrogen-bond acceptors (Lipinski definition) is 4. The summed E-state index contributed by atoms with van der Waals surface area (Å²) >= 11 is 3.42. The summed E-state index contributed by atoms with van der Waals surface area (Å²) in [4.78, 5) is 23.5. The van der Waals surface area contributed by atoms with Crippen LogP contribution in [0.2, 0.25) is 0 Å². The van der Waals surface area contributed by atoms with Crippen molar-refractivity contribution in [2.24, 2.45) is 0 Å². The molecule has 154 valence electrons. The van der Waals surface area contributed by atoms with Crippen molar-refractivity contribution >= 4 is 27.8 Å². The highest BCUT2D eigenvalue weighted by molar-refractivity contribution is 9.10. The third-order valence-electron chi connectivity index (χ3n) is 4.98. The van der Waals surface area contributed by atoms with Gasteiger partial charge in [0.2, 0.25) is 5.91 Å². The molecule has 0 bridgehead atoms. The number of rotatable bonds is 9. The molecule has 1 aromatic rings. The van der Waals surface area contributed by atoms with Crippen LogP contribution < -0.4 is 10.6 Å². The maximum absolute atomic E-state index is 11.8. The highest BCUT2D eigenvalue weighted by Crippen LogP contribution is 2.25. The van der Waals surface area contributed by atoms with E-state index >= 15 is 0 Å². The molecule has 28 heavy (non-hydrogen) atoms. The molecule has 7 heteroatoms. The van der Waals surface area contributed by atoms with E-state index in [2.05, 4.69) is 26.6 Å². The Morgan fingerprint density at radius 3 is 2.43 bits per heavy atom. The normalized spacial score (nSPS) is 22.0. The van der Waals surface area contributed by atoms with E-state index in [1.165, 1.54) is 6.92 Å². The first kappa shape index (κ1) is 22.6. The van der Waals surface area contributed by atoms with Gasteiger partial charge in [-0.25, -0.2) is 4.79 Å². The molecular formula is C21H29BrN2O4. The fraction of sp³-hybridized carbons (Fsp3) is 0.524. The Hall–Kier alpha value is -1.70. The monoisotopic (exact) mass is 452 g/mol. The molecule has 1 aromatic carbocycles. The van der Waals surface area contributed by atoms with Crippen LogP contribution in [0.5, 0.6) is 0 Å². The molecule has 0 aromatic heterocycles. The van der Waals surface area contributed by atoms with Crippen LogP contribution in [0.3, 0.4) is 0 Å². The van der Waals surface area contributed by atoms with E-state index in [1.807, 2.05) is 38.1 Å². The van der Waals surface area contributed by atoms with Crippen LogP contribution in [-0.2, 0) is 20.9 Å². The van der Waals surface area contributed by atoms with E-state index in [9.17, 15) is 14.7 Å². The second-order valence-corrected chi connectivity index (χ2v) is 8.00. The van der Waals surface area contributed by atoms with Gasteiger partial charge in [0.25, 0.3) is 0 Å². The van der Waals surface area contributed by atoms with Crippen LogP contribution in [0, 0.1) is 0 Å².